The van der Waals surface area contributed by atoms with Gasteiger partial charge in [0.1, 0.15) is 25.3 Å². The molecule has 4 amide bonds. The van der Waals surface area contributed by atoms with Crippen LogP contribution in [0.1, 0.15) is 23.6 Å². The van der Waals surface area contributed by atoms with Gasteiger partial charge in [0.25, 0.3) is 5.91 Å². The number of carbonyl (C=O) groups excluding carboxylic acids is 3. The molecular weight excluding hydrogens is 386 g/mol. The highest BCUT2D eigenvalue weighted by atomic mass is 16.6. The van der Waals surface area contributed by atoms with Crippen molar-refractivity contribution < 1.29 is 23.9 Å². The zero-order valence-electron chi connectivity index (χ0n) is 16.9. The second kappa shape index (κ2) is 7.70. The number of nitrogens with one attached hydrogen (secondary N) is 2. The van der Waals surface area contributed by atoms with Crippen molar-refractivity contribution >= 4 is 17.8 Å². The maximum atomic E-state index is 13.0. The molecule has 4 rings (SSSR count). The van der Waals surface area contributed by atoms with Crippen LogP contribution in [-0.4, -0.2) is 42.5 Å². The van der Waals surface area contributed by atoms with Crippen molar-refractivity contribution in [1.29, 1.82) is 0 Å². The Morgan fingerprint density at radius 1 is 1.13 bits per heavy atom. The predicted octanol–water partition coefficient (Wildman–Crippen LogP) is 1.85. The molecule has 0 aliphatic carbocycles. The third-order valence-electron chi connectivity index (χ3n) is 5.33. The monoisotopic (exact) mass is 409 g/mol. The minimum Gasteiger partial charge on any atom is -0.486 e. The van der Waals surface area contributed by atoms with E-state index >= 15 is 0 Å². The second-order valence-corrected chi connectivity index (χ2v) is 7.53. The summed E-state index contributed by atoms with van der Waals surface area (Å²) in [5.74, 6) is 0.336. The van der Waals surface area contributed by atoms with E-state index < -0.39 is 23.4 Å². The van der Waals surface area contributed by atoms with E-state index in [1.54, 1.807) is 25.1 Å². The highest BCUT2D eigenvalue weighted by Crippen LogP contribution is 2.33. The number of urea groups is 1. The van der Waals surface area contributed by atoms with Crippen molar-refractivity contribution in [2.45, 2.75) is 25.9 Å². The van der Waals surface area contributed by atoms with Crippen molar-refractivity contribution in [3.63, 3.8) is 0 Å². The number of hydrogen-bond donors (Lipinski definition) is 2. The van der Waals surface area contributed by atoms with Crippen LogP contribution in [0.2, 0.25) is 0 Å². The standard InChI is InChI=1S/C22H23N3O5/c1-14-6-8-16(9-7-14)22(2)20(27)25(21(28)24-22)13-18(26)23-12-15-4-3-5-17-19(15)30-11-10-29-17/h3-9H,10-13H2,1-2H3,(H,23,26)(H,24,28). The summed E-state index contributed by atoms with van der Waals surface area (Å²) >= 11 is 0. The fourth-order valence-electron chi connectivity index (χ4n) is 3.59. The summed E-state index contributed by atoms with van der Waals surface area (Å²) in [7, 11) is 0. The molecule has 0 saturated carbocycles. The van der Waals surface area contributed by atoms with Crippen molar-refractivity contribution in [3.8, 4) is 11.5 Å². The SMILES string of the molecule is Cc1ccc(C2(C)NC(=O)N(CC(=O)NCc3cccc4c3OCCO4)C2=O)cc1. The van der Waals surface area contributed by atoms with Gasteiger partial charge < -0.3 is 20.1 Å². The Kier molecular flexibility index (Phi) is 5.07. The van der Waals surface area contributed by atoms with Crippen molar-refractivity contribution in [3.05, 3.63) is 59.2 Å². The van der Waals surface area contributed by atoms with Crippen molar-refractivity contribution in [1.82, 2.24) is 15.5 Å². The number of amides is 4. The molecular formula is C22H23N3O5. The van der Waals surface area contributed by atoms with Crippen molar-refractivity contribution in [2.24, 2.45) is 0 Å². The first-order chi connectivity index (χ1) is 14.4. The molecule has 2 aromatic rings. The molecule has 0 bridgehead atoms. The fraction of sp³-hybridized carbons (Fsp3) is 0.318. The number of para-hydroxylation sites is 1. The summed E-state index contributed by atoms with van der Waals surface area (Å²) in [6.45, 7) is 4.34. The quantitative estimate of drug-likeness (QED) is 0.735. The summed E-state index contributed by atoms with van der Waals surface area (Å²) in [4.78, 5) is 38.8. The number of carbonyl (C=O) groups is 3. The zero-order valence-corrected chi connectivity index (χ0v) is 16.9. The Morgan fingerprint density at radius 3 is 2.63 bits per heavy atom. The molecule has 2 aliphatic rings. The fourth-order valence-corrected chi connectivity index (χ4v) is 3.59. The van der Waals surface area contributed by atoms with Gasteiger partial charge in [-0.05, 0) is 25.5 Å². The van der Waals surface area contributed by atoms with E-state index in [0.717, 1.165) is 16.0 Å². The number of aryl methyl sites for hydroxylation is 1. The van der Waals surface area contributed by atoms with Crippen LogP contribution in [0.15, 0.2) is 42.5 Å². The molecule has 1 fully saturated rings. The number of hydrogen-bond acceptors (Lipinski definition) is 5. The number of rotatable bonds is 5. The minimum atomic E-state index is -1.20. The summed E-state index contributed by atoms with van der Waals surface area (Å²) in [5.41, 5.74) is 1.28. The Labute approximate surface area is 174 Å². The van der Waals surface area contributed by atoms with E-state index in [-0.39, 0.29) is 13.1 Å². The third kappa shape index (κ3) is 3.56. The Hall–Kier alpha value is -3.55. The normalized spacial score (nSPS) is 20.1. The van der Waals surface area contributed by atoms with Gasteiger partial charge in [-0.15, -0.1) is 0 Å². The van der Waals surface area contributed by atoms with Gasteiger partial charge in [0.15, 0.2) is 11.5 Å². The van der Waals surface area contributed by atoms with Gasteiger partial charge >= 0.3 is 6.03 Å². The van der Waals surface area contributed by atoms with E-state index in [1.165, 1.54) is 0 Å². The highest BCUT2D eigenvalue weighted by molar-refractivity contribution is 6.09. The molecule has 30 heavy (non-hydrogen) atoms. The Morgan fingerprint density at radius 2 is 1.87 bits per heavy atom. The molecule has 2 aliphatic heterocycles. The average molecular weight is 409 g/mol. The number of nitrogens with zero attached hydrogens (tertiary/aromatic N) is 1. The molecule has 0 aromatic heterocycles. The number of benzene rings is 2. The first-order valence-corrected chi connectivity index (χ1v) is 9.74. The summed E-state index contributed by atoms with van der Waals surface area (Å²) in [6, 6.07) is 12.2. The number of ether oxygens (including phenoxy) is 2. The van der Waals surface area contributed by atoms with Crippen LogP contribution >= 0.6 is 0 Å². The maximum absolute atomic E-state index is 13.0. The second-order valence-electron chi connectivity index (χ2n) is 7.53. The highest BCUT2D eigenvalue weighted by Gasteiger charge is 2.49. The van der Waals surface area contributed by atoms with Gasteiger partial charge in [0.2, 0.25) is 5.91 Å². The lowest BCUT2D eigenvalue weighted by atomic mass is 9.91. The number of fused-ring (bicyclic) bond motifs is 1. The average Bonchev–Trinajstić information content (AvgIpc) is 2.96. The van der Waals surface area contributed by atoms with Gasteiger partial charge in [0.05, 0.1) is 0 Å². The smallest absolute Gasteiger partial charge is 0.325 e. The molecule has 8 nitrogen and oxygen atoms in total. The van der Waals surface area contributed by atoms with Crippen LogP contribution in [0.4, 0.5) is 4.79 Å². The van der Waals surface area contributed by atoms with Crippen LogP contribution < -0.4 is 20.1 Å². The molecule has 2 heterocycles. The molecule has 0 radical (unpaired) electrons. The summed E-state index contributed by atoms with van der Waals surface area (Å²) in [5, 5.41) is 5.45. The first kappa shape index (κ1) is 19.8. The van der Waals surface area contributed by atoms with Crippen LogP contribution in [0.25, 0.3) is 0 Å². The third-order valence-corrected chi connectivity index (χ3v) is 5.33. The Bertz CT molecular complexity index is 1000. The molecule has 156 valence electrons. The van der Waals surface area contributed by atoms with Crippen LogP contribution in [-0.2, 0) is 21.7 Å². The first-order valence-electron chi connectivity index (χ1n) is 9.74. The van der Waals surface area contributed by atoms with E-state index in [4.69, 9.17) is 9.47 Å². The topological polar surface area (TPSA) is 97.0 Å². The minimum absolute atomic E-state index is 0.199. The lowest BCUT2D eigenvalue weighted by molar-refractivity contribution is -0.134. The van der Waals surface area contributed by atoms with Gasteiger partial charge in [-0.3, -0.25) is 14.5 Å². The zero-order chi connectivity index (χ0) is 21.3. The molecule has 1 saturated heterocycles. The predicted molar refractivity (Wildman–Crippen MR) is 108 cm³/mol. The molecule has 1 atom stereocenters. The van der Waals surface area contributed by atoms with E-state index in [1.807, 2.05) is 31.2 Å². The summed E-state index contributed by atoms with van der Waals surface area (Å²) in [6.07, 6.45) is 0. The van der Waals surface area contributed by atoms with E-state index in [9.17, 15) is 14.4 Å². The van der Waals surface area contributed by atoms with E-state index in [0.29, 0.717) is 30.3 Å². The lowest BCUT2D eigenvalue weighted by Crippen LogP contribution is -2.43. The van der Waals surface area contributed by atoms with Gasteiger partial charge in [-0.1, -0.05) is 42.0 Å². The van der Waals surface area contributed by atoms with E-state index in [2.05, 4.69) is 10.6 Å². The molecule has 1 unspecified atom stereocenters. The molecule has 8 heteroatoms. The molecule has 2 aromatic carbocycles. The van der Waals surface area contributed by atoms with Crippen LogP contribution in [0.5, 0.6) is 11.5 Å². The molecule has 0 spiro atoms. The largest absolute Gasteiger partial charge is 0.486 e. The van der Waals surface area contributed by atoms with Crippen molar-refractivity contribution in [2.75, 3.05) is 19.8 Å². The number of imide groups is 1. The van der Waals surface area contributed by atoms with Crippen LogP contribution in [0.3, 0.4) is 0 Å². The lowest BCUT2D eigenvalue weighted by Gasteiger charge is -2.22. The van der Waals surface area contributed by atoms with Crippen LogP contribution in [0, 0.1) is 6.92 Å². The Balaban J connectivity index is 1.42. The summed E-state index contributed by atoms with van der Waals surface area (Å²) < 4.78 is 11.2. The molecule has 2 N–H and O–H groups in total. The maximum Gasteiger partial charge on any atom is 0.325 e. The van der Waals surface area contributed by atoms with Gasteiger partial charge in [-0.2, -0.15) is 0 Å². The van der Waals surface area contributed by atoms with Gasteiger partial charge in [0, 0.05) is 12.1 Å². The van der Waals surface area contributed by atoms with Gasteiger partial charge in [-0.25, -0.2) is 4.79 Å².